The molecule has 0 spiro atoms. The lowest BCUT2D eigenvalue weighted by Crippen LogP contribution is -2.39. The minimum absolute atomic E-state index is 0.0978. The third-order valence-electron chi connectivity index (χ3n) is 6.40. The monoisotopic (exact) mass is 476 g/mol. The molecule has 5 aromatic rings. The summed E-state index contributed by atoms with van der Waals surface area (Å²) in [5, 5.41) is 4.89. The van der Waals surface area contributed by atoms with E-state index in [0.29, 0.717) is 36.4 Å². The Morgan fingerprint density at radius 3 is 2.08 bits per heavy atom. The van der Waals surface area contributed by atoms with E-state index in [-0.39, 0.29) is 11.5 Å². The summed E-state index contributed by atoms with van der Waals surface area (Å²) in [5.41, 5.74) is 3.00. The first-order valence-corrected chi connectivity index (χ1v) is 12.2. The summed E-state index contributed by atoms with van der Waals surface area (Å²) in [7, 11) is 0. The van der Waals surface area contributed by atoms with E-state index in [2.05, 4.69) is 0 Å². The zero-order chi connectivity index (χ0) is 24.9. The van der Waals surface area contributed by atoms with Gasteiger partial charge in [-0.3, -0.25) is 14.2 Å². The highest BCUT2D eigenvalue weighted by atomic mass is 16.2. The number of hydrogen-bond donors (Lipinski definition) is 0. The average Bonchev–Trinajstić information content (AvgIpc) is 3.41. The maximum absolute atomic E-state index is 13.9. The van der Waals surface area contributed by atoms with Crippen LogP contribution >= 0.6 is 0 Å². The van der Waals surface area contributed by atoms with Gasteiger partial charge in [-0.2, -0.15) is 5.10 Å². The zero-order valence-electron chi connectivity index (χ0n) is 20.2. The number of carbonyl (C=O) groups excluding carboxylic acids is 1. The van der Waals surface area contributed by atoms with Crippen molar-refractivity contribution >= 4 is 11.4 Å². The summed E-state index contributed by atoms with van der Waals surface area (Å²) >= 11 is 0. The van der Waals surface area contributed by atoms with Gasteiger partial charge in [0.1, 0.15) is 5.52 Å². The minimum atomic E-state index is -0.416. The number of nitrogens with zero attached hydrogens (tertiary/aromatic N) is 4. The van der Waals surface area contributed by atoms with Crippen molar-refractivity contribution in [3.05, 3.63) is 142 Å². The first-order valence-electron chi connectivity index (χ1n) is 12.2. The first-order chi connectivity index (χ1) is 17.7. The summed E-state index contributed by atoms with van der Waals surface area (Å²) in [4.78, 5) is 29.4. The molecule has 0 fully saturated rings. The van der Waals surface area contributed by atoms with Crippen molar-refractivity contribution in [2.24, 2.45) is 0 Å². The number of carbonyl (C=O) groups is 1. The number of amides is 1. The molecule has 0 saturated carbocycles. The molecule has 5 rings (SSSR count). The van der Waals surface area contributed by atoms with E-state index in [4.69, 9.17) is 5.10 Å². The van der Waals surface area contributed by atoms with Crippen LogP contribution in [0.15, 0.2) is 114 Å². The van der Waals surface area contributed by atoms with Crippen molar-refractivity contribution in [1.29, 1.82) is 0 Å². The van der Waals surface area contributed by atoms with Crippen LogP contribution < -0.4 is 5.56 Å². The summed E-state index contributed by atoms with van der Waals surface area (Å²) in [6.07, 6.45) is 2.37. The predicted octanol–water partition coefficient (Wildman–Crippen LogP) is 5.34. The van der Waals surface area contributed by atoms with Crippen LogP contribution in [0.4, 0.5) is 0 Å². The molecule has 6 nitrogen and oxygen atoms in total. The molecule has 0 bridgehead atoms. The highest BCUT2D eigenvalue weighted by Gasteiger charge is 2.30. The Morgan fingerprint density at radius 2 is 1.44 bits per heavy atom. The molecule has 0 aliphatic heterocycles. The SMILES string of the molecule is CCC(c1nn2cccc2c(=O)n1Cc1ccccc1)N(Cc1ccccc1)C(=O)c1ccccc1. The maximum atomic E-state index is 13.9. The summed E-state index contributed by atoms with van der Waals surface area (Å²) in [6.45, 7) is 2.80. The molecule has 180 valence electrons. The van der Waals surface area contributed by atoms with Crippen molar-refractivity contribution in [2.45, 2.75) is 32.5 Å². The van der Waals surface area contributed by atoms with Crippen molar-refractivity contribution in [3.63, 3.8) is 0 Å². The van der Waals surface area contributed by atoms with Gasteiger partial charge in [-0.25, -0.2) is 4.52 Å². The van der Waals surface area contributed by atoms with Crippen molar-refractivity contribution < 1.29 is 4.79 Å². The van der Waals surface area contributed by atoms with Crippen LogP contribution in [0.25, 0.3) is 5.52 Å². The highest BCUT2D eigenvalue weighted by Crippen LogP contribution is 2.27. The fourth-order valence-corrected chi connectivity index (χ4v) is 4.59. The van der Waals surface area contributed by atoms with Crippen LogP contribution in [0, 0.1) is 0 Å². The van der Waals surface area contributed by atoms with Crippen LogP contribution in [0.1, 0.15) is 46.7 Å². The van der Waals surface area contributed by atoms with Gasteiger partial charge >= 0.3 is 0 Å². The molecule has 6 heteroatoms. The van der Waals surface area contributed by atoms with Crippen LogP contribution in [0.2, 0.25) is 0 Å². The van der Waals surface area contributed by atoms with E-state index >= 15 is 0 Å². The zero-order valence-corrected chi connectivity index (χ0v) is 20.2. The normalized spacial score (nSPS) is 11.9. The maximum Gasteiger partial charge on any atom is 0.278 e. The number of aromatic nitrogens is 3. The molecule has 0 radical (unpaired) electrons. The van der Waals surface area contributed by atoms with E-state index in [0.717, 1.165) is 11.1 Å². The molecule has 0 aliphatic rings. The first kappa shape index (κ1) is 23.3. The van der Waals surface area contributed by atoms with Crippen LogP contribution in [-0.4, -0.2) is 25.0 Å². The van der Waals surface area contributed by atoms with Gasteiger partial charge in [0, 0.05) is 18.3 Å². The van der Waals surface area contributed by atoms with E-state index in [1.54, 1.807) is 21.3 Å². The van der Waals surface area contributed by atoms with E-state index < -0.39 is 6.04 Å². The van der Waals surface area contributed by atoms with Gasteiger partial charge in [-0.15, -0.1) is 0 Å². The van der Waals surface area contributed by atoms with Gasteiger partial charge in [0.2, 0.25) is 0 Å². The average molecular weight is 477 g/mol. The van der Waals surface area contributed by atoms with E-state index in [1.165, 1.54) is 0 Å². The van der Waals surface area contributed by atoms with Gasteiger partial charge in [-0.1, -0.05) is 85.8 Å². The van der Waals surface area contributed by atoms with Gasteiger partial charge in [0.25, 0.3) is 11.5 Å². The Morgan fingerprint density at radius 1 is 0.833 bits per heavy atom. The van der Waals surface area contributed by atoms with Gasteiger partial charge in [0.15, 0.2) is 5.82 Å². The van der Waals surface area contributed by atoms with E-state index in [9.17, 15) is 9.59 Å². The van der Waals surface area contributed by atoms with Crippen molar-refractivity contribution in [1.82, 2.24) is 19.1 Å². The van der Waals surface area contributed by atoms with Crippen molar-refractivity contribution in [3.8, 4) is 0 Å². The Labute approximate surface area is 210 Å². The van der Waals surface area contributed by atoms with Gasteiger partial charge in [-0.05, 0) is 41.8 Å². The number of rotatable bonds is 8. The standard InChI is InChI=1S/C30H28N4O2/c1-2-26(32(21-23-13-6-3-7-14-23)29(35)25-17-10-5-11-18-25)28-31-34-20-12-19-27(34)30(36)33(28)22-24-15-8-4-9-16-24/h3-20,26H,2,21-22H2,1H3. The topological polar surface area (TPSA) is 59.6 Å². The molecule has 1 atom stereocenters. The Kier molecular flexibility index (Phi) is 6.76. The second-order valence-electron chi connectivity index (χ2n) is 8.78. The van der Waals surface area contributed by atoms with Crippen LogP contribution in [0.5, 0.6) is 0 Å². The molecule has 1 unspecified atom stereocenters. The molecule has 0 saturated heterocycles. The molecule has 3 aromatic carbocycles. The highest BCUT2D eigenvalue weighted by molar-refractivity contribution is 5.94. The second-order valence-corrected chi connectivity index (χ2v) is 8.78. The number of hydrogen-bond acceptors (Lipinski definition) is 3. The van der Waals surface area contributed by atoms with Crippen LogP contribution in [-0.2, 0) is 13.1 Å². The van der Waals surface area contributed by atoms with Crippen molar-refractivity contribution in [2.75, 3.05) is 0 Å². The molecule has 1 amide bonds. The Bertz CT molecular complexity index is 1510. The van der Waals surface area contributed by atoms with Gasteiger partial charge in [0.05, 0.1) is 12.6 Å². The summed E-state index contributed by atoms with van der Waals surface area (Å²) < 4.78 is 3.34. The van der Waals surface area contributed by atoms with Gasteiger partial charge < -0.3 is 4.90 Å². The molecular formula is C30H28N4O2. The molecule has 36 heavy (non-hydrogen) atoms. The molecular weight excluding hydrogens is 448 g/mol. The molecule has 2 aromatic heterocycles. The lowest BCUT2D eigenvalue weighted by atomic mass is 10.1. The molecule has 2 heterocycles. The lowest BCUT2D eigenvalue weighted by molar-refractivity contribution is 0.0636. The lowest BCUT2D eigenvalue weighted by Gasteiger charge is -2.32. The third-order valence-corrected chi connectivity index (χ3v) is 6.40. The van der Waals surface area contributed by atoms with E-state index in [1.807, 2.05) is 109 Å². The summed E-state index contributed by atoms with van der Waals surface area (Å²) in [6, 6.07) is 32.2. The number of fused-ring (bicyclic) bond motifs is 1. The fourth-order valence-electron chi connectivity index (χ4n) is 4.59. The smallest absolute Gasteiger partial charge is 0.278 e. The minimum Gasteiger partial charge on any atom is -0.324 e. The molecule has 0 N–H and O–H groups in total. The van der Waals surface area contributed by atoms with Crippen LogP contribution in [0.3, 0.4) is 0 Å². The largest absolute Gasteiger partial charge is 0.324 e. The third kappa shape index (κ3) is 4.70. The Balaban J connectivity index is 1.66. The fraction of sp³-hybridized carbons (Fsp3) is 0.167. The predicted molar refractivity (Wildman–Crippen MR) is 141 cm³/mol. The molecule has 0 aliphatic carbocycles. The quantitative estimate of drug-likeness (QED) is 0.304. The Hall–Kier alpha value is -4.45. The number of benzene rings is 3. The summed E-state index contributed by atoms with van der Waals surface area (Å²) in [5.74, 6) is 0.467. The second kappa shape index (κ2) is 10.4.